The first-order valence-corrected chi connectivity index (χ1v) is 47.3. The first-order valence-electron chi connectivity index (χ1n) is 47.3. The normalized spacial score (nSPS) is 29.7. The number of hydrogen-bond acceptors (Lipinski definition) is 12. The highest BCUT2D eigenvalue weighted by Gasteiger charge is 2.62. The number of hydrogen-bond donors (Lipinski definition) is 0. The number of allylic oxidation sites excluding steroid dienone is 3. The third kappa shape index (κ3) is 24.3. The summed E-state index contributed by atoms with van der Waals surface area (Å²) in [5.41, 5.74) is 9.37. The Morgan fingerprint density at radius 2 is 0.732 bits per heavy atom. The first-order chi connectivity index (χ1) is 59.6. The summed E-state index contributed by atoms with van der Waals surface area (Å²) in [6.45, 7) is 38.7. The van der Waals surface area contributed by atoms with Crippen molar-refractivity contribution in [2.24, 2.45) is 100 Å². The van der Waals surface area contributed by atoms with Gasteiger partial charge in [0.2, 0.25) is 0 Å². The van der Waals surface area contributed by atoms with Crippen molar-refractivity contribution in [1.29, 1.82) is 0 Å². The summed E-state index contributed by atoms with van der Waals surface area (Å²) in [6, 6.07) is 57.2. The SMILES string of the molecule is C=C(C)c1ccc(OC(C)OCCC2CC3CC2C2C4CCC(C4)C32)cc1.C=C(C)c1ccc(OC(C)OCCC2CC3CCC2C3)cc1.C=C(C)c1ccc(OC(C)OCCOc2ccc(Oc3ccccc3)cc2)cc1.C=Cc1ccc(OC(C)OC23CC4CC(CC(C4)C2)C3)cc1.C=Cc1ccc(OC(C)OCC23CC4CC(CC(C4)C2)C3)cc1. The van der Waals surface area contributed by atoms with Gasteiger partial charge in [-0.3, -0.25) is 0 Å². The van der Waals surface area contributed by atoms with Gasteiger partial charge in [-0.15, -0.1) is 0 Å². The quantitative estimate of drug-likeness (QED) is 0.0214. The molecule has 14 saturated carbocycles. The fraction of sp³-hybridized carbons (Fsp3) is 0.532. The van der Waals surface area contributed by atoms with Gasteiger partial charge in [-0.1, -0.05) is 147 Å². The zero-order chi connectivity index (χ0) is 85.6. The van der Waals surface area contributed by atoms with Crippen molar-refractivity contribution in [2.45, 2.75) is 240 Å². The molecule has 14 fully saturated rings. The van der Waals surface area contributed by atoms with Crippen molar-refractivity contribution in [3.63, 3.8) is 0 Å². The minimum absolute atomic E-state index is 0.106. The van der Waals surface area contributed by atoms with Gasteiger partial charge in [0.15, 0.2) is 31.5 Å². The van der Waals surface area contributed by atoms with E-state index in [1.807, 2.05) is 231 Å². The van der Waals surface area contributed by atoms with E-state index in [0.717, 1.165) is 205 Å². The zero-order valence-corrected chi connectivity index (χ0v) is 75.3. The molecule has 7 aromatic rings. The second kappa shape index (κ2) is 41.8. The topological polar surface area (TPSA) is 111 Å². The number of para-hydroxylation sites is 1. The molecule has 12 heteroatoms. The summed E-state index contributed by atoms with van der Waals surface area (Å²) in [6.07, 6.45) is 35.3. The fourth-order valence-electron chi connectivity index (χ4n) is 25.4. The summed E-state index contributed by atoms with van der Waals surface area (Å²) < 4.78 is 71.1. The van der Waals surface area contributed by atoms with Crippen LogP contribution in [-0.4, -0.2) is 70.1 Å². The standard InChI is InChI=1S/C25H26O4.C25H34O2.C21H28O2.C20H26O2.C20H28O2/c1-19(2)21-9-11-24(12-10-21)28-20(3)26-17-18-27-22-13-15-25(16-14-22)29-23-7-5-4-6-8-23;1-15(2)17-6-8-22(9-7-17)27-16(3)26-11-10-18-12-21-14-23(18)25-20-5-4-19(13-20)24(21)25;1-3-16-4-6-20(7-5-16)23-15(2)22-14-21-11-17-8-18(12-21)10-19(9-17)13-21;1-3-15-4-6-19(7-5-15)21-14(2)22-20-11-16-8-17(12-20)10-18(9-16)13-20;1-14(2)17-6-8-20(9-7-17)22-15(3)21-11-10-19-13-16-4-5-18(19)12-16/h4-16,20H,1,17-18H2,2-3H3;6-9,16,18-21,23-25H,1,4-5,10-14H2,2-3H3;3-7,15,17-19H,1,8-14H2,2H3;3-7,14,16-18H,1,8-13H2,2H3;6-9,15-16,18-19H,1,4-5,10-13H2,2-3H3. The van der Waals surface area contributed by atoms with Crippen LogP contribution in [0.4, 0.5) is 0 Å². The molecule has 0 aromatic heterocycles. The van der Waals surface area contributed by atoms with Gasteiger partial charge < -0.3 is 56.8 Å². The highest BCUT2D eigenvalue weighted by molar-refractivity contribution is 5.63. The number of ether oxygens (including phenoxy) is 12. The van der Waals surface area contributed by atoms with E-state index >= 15 is 0 Å². The van der Waals surface area contributed by atoms with Crippen LogP contribution >= 0.6 is 0 Å². The molecule has 0 spiro atoms. The molecule has 15 unspecified atom stereocenters. The van der Waals surface area contributed by atoms with Crippen LogP contribution in [0.1, 0.15) is 231 Å². The summed E-state index contributed by atoms with van der Waals surface area (Å²) in [5, 5.41) is 0. The summed E-state index contributed by atoms with van der Waals surface area (Å²) in [4.78, 5) is 0. The van der Waals surface area contributed by atoms with Crippen molar-refractivity contribution in [2.75, 3.05) is 33.0 Å². The predicted octanol–water partition coefficient (Wildman–Crippen LogP) is 28.1. The maximum atomic E-state index is 6.47. The summed E-state index contributed by atoms with van der Waals surface area (Å²) in [7, 11) is 0. The molecule has 21 rings (SSSR count). The van der Waals surface area contributed by atoms with Gasteiger partial charge >= 0.3 is 0 Å². The second-order valence-electron chi connectivity index (χ2n) is 39.3. The summed E-state index contributed by atoms with van der Waals surface area (Å²) >= 11 is 0. The average molecular weight is 1670 g/mol. The highest BCUT2D eigenvalue weighted by Crippen LogP contribution is 2.69. The van der Waals surface area contributed by atoms with Gasteiger partial charge in [-0.25, -0.2) is 0 Å². The Morgan fingerprint density at radius 1 is 0.341 bits per heavy atom. The van der Waals surface area contributed by atoms with Crippen molar-refractivity contribution in [3.05, 3.63) is 237 Å². The Balaban J connectivity index is 0.000000120. The van der Waals surface area contributed by atoms with Crippen molar-refractivity contribution < 1.29 is 56.8 Å². The van der Waals surface area contributed by atoms with E-state index in [1.165, 1.54) is 135 Å². The molecule has 0 heterocycles. The maximum absolute atomic E-state index is 6.47. The van der Waals surface area contributed by atoms with Crippen LogP contribution in [0.5, 0.6) is 46.0 Å². The highest BCUT2D eigenvalue weighted by atomic mass is 16.7. The van der Waals surface area contributed by atoms with E-state index in [-0.39, 0.29) is 37.1 Å². The van der Waals surface area contributed by atoms with Gasteiger partial charge in [0.1, 0.15) is 52.6 Å². The Labute approximate surface area is 737 Å². The minimum atomic E-state index is -0.365. The molecule has 0 amide bonds. The number of fused-ring (bicyclic) bond motifs is 11. The lowest BCUT2D eigenvalue weighted by Gasteiger charge is -2.56. The van der Waals surface area contributed by atoms with Crippen LogP contribution in [0.15, 0.2) is 209 Å². The van der Waals surface area contributed by atoms with Crippen LogP contribution in [0, 0.1) is 100 Å². The Kier molecular flexibility index (Phi) is 30.4. The third-order valence-electron chi connectivity index (χ3n) is 29.9. The molecular formula is C111H142O12. The molecule has 12 nitrogen and oxygen atoms in total. The molecule has 14 aliphatic rings. The average Bonchev–Trinajstić information content (AvgIpc) is 1.58. The molecular weight excluding hydrogens is 1530 g/mol. The minimum Gasteiger partial charge on any atom is -0.491 e. The monoisotopic (exact) mass is 1670 g/mol. The van der Waals surface area contributed by atoms with Gasteiger partial charge in [0.25, 0.3) is 0 Å². The van der Waals surface area contributed by atoms with Gasteiger partial charge in [-0.2, -0.15) is 0 Å². The summed E-state index contributed by atoms with van der Waals surface area (Å²) in [5.74, 6) is 22.5. The second-order valence-corrected chi connectivity index (χ2v) is 39.3. The first kappa shape index (κ1) is 89.5. The lowest BCUT2D eigenvalue weighted by Crippen LogP contribution is -2.53. The van der Waals surface area contributed by atoms with Crippen molar-refractivity contribution in [1.82, 2.24) is 0 Å². The molecule has 0 aliphatic heterocycles. The van der Waals surface area contributed by atoms with Gasteiger partial charge in [0, 0.05) is 0 Å². The molecule has 0 radical (unpaired) electrons. The van der Waals surface area contributed by atoms with Crippen LogP contribution in [0.3, 0.4) is 0 Å². The van der Waals surface area contributed by atoms with E-state index in [1.54, 1.807) is 12.8 Å². The molecule has 15 atom stereocenters. The molecule has 7 aromatic carbocycles. The van der Waals surface area contributed by atoms with Gasteiger partial charge in [-0.05, 0) is 422 Å². The van der Waals surface area contributed by atoms with E-state index in [0.29, 0.717) is 18.6 Å². The largest absolute Gasteiger partial charge is 0.491 e. The van der Waals surface area contributed by atoms with Crippen LogP contribution in [0.2, 0.25) is 0 Å². The Hall–Kier alpha value is -8.36. The van der Waals surface area contributed by atoms with E-state index < -0.39 is 0 Å². The molecule has 0 N–H and O–H groups in total. The molecule has 14 aliphatic carbocycles. The van der Waals surface area contributed by atoms with Crippen molar-refractivity contribution in [3.8, 4) is 46.0 Å². The smallest absolute Gasteiger partial charge is 0.197 e. The third-order valence-corrected chi connectivity index (χ3v) is 29.9. The molecule has 658 valence electrons. The van der Waals surface area contributed by atoms with Crippen LogP contribution < -0.4 is 33.2 Å². The fourth-order valence-corrected chi connectivity index (χ4v) is 25.4. The van der Waals surface area contributed by atoms with Crippen molar-refractivity contribution >= 4 is 28.9 Å². The molecule has 14 bridgehead atoms. The number of benzene rings is 7. The maximum Gasteiger partial charge on any atom is 0.197 e. The Morgan fingerprint density at radius 3 is 1.17 bits per heavy atom. The van der Waals surface area contributed by atoms with Crippen LogP contribution in [-0.2, 0) is 23.7 Å². The van der Waals surface area contributed by atoms with E-state index in [4.69, 9.17) is 56.8 Å². The Bertz CT molecular complexity index is 4440. The van der Waals surface area contributed by atoms with Gasteiger partial charge in [0.05, 0.1) is 32.0 Å². The zero-order valence-electron chi connectivity index (χ0n) is 75.3. The molecule has 0 saturated heterocycles. The molecule has 123 heavy (non-hydrogen) atoms. The van der Waals surface area contributed by atoms with E-state index in [2.05, 4.69) is 45.0 Å². The lowest BCUT2D eigenvalue weighted by atomic mass is 9.50. The number of rotatable bonds is 35. The van der Waals surface area contributed by atoms with Crippen LogP contribution in [0.25, 0.3) is 28.9 Å². The van der Waals surface area contributed by atoms with E-state index in [9.17, 15) is 0 Å². The predicted molar refractivity (Wildman–Crippen MR) is 498 cm³/mol. The lowest BCUT2D eigenvalue weighted by molar-refractivity contribution is -0.225.